The van der Waals surface area contributed by atoms with Crippen LogP contribution in [0.5, 0.6) is 0 Å². The molecule has 100 valence electrons. The molecule has 1 amide bonds. The summed E-state index contributed by atoms with van der Waals surface area (Å²) in [5, 5.41) is 2.73. The summed E-state index contributed by atoms with van der Waals surface area (Å²) in [5.74, 6) is -0.211. The number of aromatic nitrogens is 1. The highest BCUT2D eigenvalue weighted by atomic mass is 32.2. The number of pyridine rings is 1. The molecule has 2 aromatic heterocycles. The maximum atomic E-state index is 11.8. The number of rotatable bonds is 4. The third kappa shape index (κ3) is 3.62. The summed E-state index contributed by atoms with van der Waals surface area (Å²) in [5.41, 5.74) is 0.523. The van der Waals surface area contributed by atoms with Crippen molar-refractivity contribution < 1.29 is 13.2 Å². The number of hydrogen-bond donors (Lipinski definition) is 1. The number of sulfone groups is 1. The number of carbonyl (C=O) groups excluding carboxylic acids is 1. The van der Waals surface area contributed by atoms with Gasteiger partial charge in [-0.15, -0.1) is 11.3 Å². The summed E-state index contributed by atoms with van der Waals surface area (Å²) >= 11 is 1.16. The Morgan fingerprint density at radius 3 is 2.53 bits per heavy atom. The van der Waals surface area contributed by atoms with E-state index < -0.39 is 9.84 Å². The van der Waals surface area contributed by atoms with Gasteiger partial charge in [-0.25, -0.2) is 8.42 Å². The normalized spacial score (nSPS) is 11.2. The molecule has 0 aliphatic heterocycles. The first kappa shape index (κ1) is 13.7. The van der Waals surface area contributed by atoms with E-state index in [4.69, 9.17) is 0 Å². The van der Waals surface area contributed by atoms with Crippen LogP contribution in [-0.4, -0.2) is 25.6 Å². The summed E-state index contributed by atoms with van der Waals surface area (Å²) in [4.78, 5) is 16.4. The summed E-state index contributed by atoms with van der Waals surface area (Å²) in [6, 6.07) is 6.49. The van der Waals surface area contributed by atoms with Crippen molar-refractivity contribution in [3.05, 3.63) is 47.1 Å². The number of carbonyl (C=O) groups is 1. The van der Waals surface area contributed by atoms with Crippen LogP contribution in [0, 0.1) is 0 Å². The van der Waals surface area contributed by atoms with Crippen molar-refractivity contribution in [1.29, 1.82) is 0 Å². The summed E-state index contributed by atoms with van der Waals surface area (Å²) in [6.45, 7) is 0.307. The molecule has 2 heterocycles. The molecule has 0 unspecified atom stereocenters. The smallest absolute Gasteiger partial charge is 0.251 e. The molecular formula is C12H12N2O3S2. The molecule has 0 fully saturated rings. The molecule has 1 N–H and O–H groups in total. The van der Waals surface area contributed by atoms with E-state index in [1.165, 1.54) is 0 Å². The predicted molar refractivity (Wildman–Crippen MR) is 72.8 cm³/mol. The van der Waals surface area contributed by atoms with Crippen molar-refractivity contribution in [2.75, 3.05) is 6.26 Å². The lowest BCUT2D eigenvalue weighted by Crippen LogP contribution is -2.22. The predicted octanol–water partition coefficient (Wildman–Crippen LogP) is 1.48. The van der Waals surface area contributed by atoms with Crippen molar-refractivity contribution in [1.82, 2.24) is 10.3 Å². The number of amides is 1. The van der Waals surface area contributed by atoms with E-state index in [1.54, 1.807) is 36.7 Å². The molecule has 0 saturated carbocycles. The fourth-order valence-corrected chi connectivity index (χ4v) is 3.34. The van der Waals surface area contributed by atoms with Crippen LogP contribution in [0.25, 0.3) is 0 Å². The Morgan fingerprint density at radius 2 is 1.95 bits per heavy atom. The van der Waals surface area contributed by atoms with Gasteiger partial charge < -0.3 is 5.32 Å². The van der Waals surface area contributed by atoms with Gasteiger partial charge in [0.25, 0.3) is 5.91 Å². The zero-order valence-corrected chi connectivity index (χ0v) is 11.8. The molecule has 0 atom stereocenters. The van der Waals surface area contributed by atoms with E-state index in [9.17, 15) is 13.2 Å². The van der Waals surface area contributed by atoms with Crippen LogP contribution in [0.1, 0.15) is 15.2 Å². The van der Waals surface area contributed by atoms with Gasteiger partial charge in [0, 0.05) is 29.1 Å². The minimum absolute atomic E-state index is 0.211. The van der Waals surface area contributed by atoms with Crippen LogP contribution >= 0.6 is 11.3 Å². The maximum absolute atomic E-state index is 11.8. The molecule has 0 spiro atoms. The number of thiophene rings is 1. The van der Waals surface area contributed by atoms with Crippen LogP contribution in [0.2, 0.25) is 0 Å². The van der Waals surface area contributed by atoms with E-state index in [0.717, 1.165) is 22.5 Å². The molecule has 5 nitrogen and oxygen atoms in total. The van der Waals surface area contributed by atoms with Gasteiger partial charge >= 0.3 is 0 Å². The van der Waals surface area contributed by atoms with E-state index in [0.29, 0.717) is 16.3 Å². The standard InChI is InChI=1S/C12H12N2O3S2/c1-19(16,17)11-3-2-10(18-11)8-14-12(15)9-4-6-13-7-5-9/h2-7H,8H2,1H3,(H,14,15). The van der Waals surface area contributed by atoms with Gasteiger partial charge in [-0.2, -0.15) is 0 Å². The highest BCUT2D eigenvalue weighted by molar-refractivity contribution is 7.92. The summed E-state index contributed by atoms with van der Waals surface area (Å²) < 4.78 is 23.0. The maximum Gasteiger partial charge on any atom is 0.251 e. The van der Waals surface area contributed by atoms with Crippen LogP contribution in [-0.2, 0) is 16.4 Å². The largest absolute Gasteiger partial charge is 0.347 e. The van der Waals surface area contributed by atoms with Crippen molar-refractivity contribution in [3.63, 3.8) is 0 Å². The highest BCUT2D eigenvalue weighted by Gasteiger charge is 2.11. The minimum Gasteiger partial charge on any atom is -0.347 e. The van der Waals surface area contributed by atoms with Crippen LogP contribution in [0.3, 0.4) is 0 Å². The number of hydrogen-bond acceptors (Lipinski definition) is 5. The summed E-state index contributed by atoms with van der Waals surface area (Å²) in [7, 11) is -3.18. The second-order valence-electron chi connectivity index (χ2n) is 3.91. The molecule has 2 rings (SSSR count). The molecule has 0 radical (unpaired) electrons. The lowest BCUT2D eigenvalue weighted by Gasteiger charge is -2.02. The third-order valence-corrected chi connectivity index (χ3v) is 5.27. The Labute approximate surface area is 115 Å². The fourth-order valence-electron chi connectivity index (χ4n) is 1.43. The van der Waals surface area contributed by atoms with Gasteiger partial charge in [0.1, 0.15) is 4.21 Å². The van der Waals surface area contributed by atoms with Crippen molar-refractivity contribution in [3.8, 4) is 0 Å². The Morgan fingerprint density at radius 1 is 1.26 bits per heavy atom. The lowest BCUT2D eigenvalue weighted by atomic mass is 10.2. The minimum atomic E-state index is -3.18. The molecule has 0 aliphatic carbocycles. The average molecular weight is 296 g/mol. The van der Waals surface area contributed by atoms with Gasteiger partial charge in [-0.3, -0.25) is 9.78 Å². The molecular weight excluding hydrogens is 284 g/mol. The van der Waals surface area contributed by atoms with Gasteiger partial charge in [0.2, 0.25) is 0 Å². The van der Waals surface area contributed by atoms with Crippen molar-refractivity contribution in [2.24, 2.45) is 0 Å². The monoisotopic (exact) mass is 296 g/mol. The SMILES string of the molecule is CS(=O)(=O)c1ccc(CNC(=O)c2ccncc2)s1. The van der Waals surface area contributed by atoms with E-state index in [-0.39, 0.29) is 5.91 Å². The van der Waals surface area contributed by atoms with E-state index in [1.807, 2.05) is 0 Å². The fraction of sp³-hybridized carbons (Fsp3) is 0.167. The van der Waals surface area contributed by atoms with Gasteiger partial charge in [-0.1, -0.05) is 0 Å². The first-order valence-electron chi connectivity index (χ1n) is 5.44. The Balaban J connectivity index is 2.00. The molecule has 0 aliphatic rings. The highest BCUT2D eigenvalue weighted by Crippen LogP contribution is 2.21. The zero-order valence-electron chi connectivity index (χ0n) is 10.2. The Kier molecular flexibility index (Phi) is 3.96. The average Bonchev–Trinajstić information content (AvgIpc) is 2.86. The van der Waals surface area contributed by atoms with Gasteiger partial charge in [-0.05, 0) is 24.3 Å². The quantitative estimate of drug-likeness (QED) is 0.927. The van der Waals surface area contributed by atoms with Crippen LogP contribution in [0.15, 0.2) is 40.9 Å². The third-order valence-electron chi connectivity index (χ3n) is 2.37. The van der Waals surface area contributed by atoms with Crippen molar-refractivity contribution in [2.45, 2.75) is 10.8 Å². The van der Waals surface area contributed by atoms with Crippen LogP contribution < -0.4 is 5.32 Å². The number of nitrogens with one attached hydrogen (secondary N) is 1. The zero-order chi connectivity index (χ0) is 13.9. The molecule has 2 aromatic rings. The molecule has 19 heavy (non-hydrogen) atoms. The van der Waals surface area contributed by atoms with Gasteiger partial charge in [0.05, 0.1) is 6.54 Å². The molecule has 0 bridgehead atoms. The number of nitrogens with zero attached hydrogens (tertiary/aromatic N) is 1. The summed E-state index contributed by atoms with van der Waals surface area (Å²) in [6.07, 6.45) is 4.25. The first-order chi connectivity index (χ1) is 8.97. The molecule has 0 saturated heterocycles. The second kappa shape index (κ2) is 5.50. The second-order valence-corrected chi connectivity index (χ2v) is 7.32. The van der Waals surface area contributed by atoms with Crippen LogP contribution in [0.4, 0.5) is 0 Å². The van der Waals surface area contributed by atoms with E-state index >= 15 is 0 Å². The van der Waals surface area contributed by atoms with Crippen molar-refractivity contribution >= 4 is 27.1 Å². The molecule has 0 aromatic carbocycles. The Bertz CT molecular complexity index is 678. The first-order valence-corrected chi connectivity index (χ1v) is 8.14. The van der Waals surface area contributed by atoms with E-state index in [2.05, 4.69) is 10.3 Å². The van der Waals surface area contributed by atoms with Gasteiger partial charge in [0.15, 0.2) is 9.84 Å². The lowest BCUT2D eigenvalue weighted by molar-refractivity contribution is 0.0951. The Hall–Kier alpha value is -1.73. The topological polar surface area (TPSA) is 76.1 Å². The molecule has 7 heteroatoms.